The Morgan fingerprint density at radius 2 is 1.95 bits per heavy atom. The second kappa shape index (κ2) is 11.3. The summed E-state index contributed by atoms with van der Waals surface area (Å²) in [7, 11) is 0. The first-order valence-electron chi connectivity index (χ1n) is 14.5. The van der Waals surface area contributed by atoms with E-state index in [-0.39, 0.29) is 40.2 Å². The number of nitrogens with two attached hydrogens (primary N) is 1. The van der Waals surface area contributed by atoms with E-state index in [0.717, 1.165) is 25.8 Å². The number of aromatic nitrogens is 3. The molecular weight excluding hydrogens is 588 g/mol. The number of anilines is 2. The Hall–Kier alpha value is -3.38. The van der Waals surface area contributed by atoms with Crippen molar-refractivity contribution in [3.05, 3.63) is 34.6 Å². The van der Waals surface area contributed by atoms with Gasteiger partial charge in [-0.05, 0) is 37.8 Å². The molecule has 0 unspecified atom stereocenters. The topological polar surface area (TPSA) is 93.5 Å². The molecule has 2 fully saturated rings. The molecule has 2 saturated heterocycles. The van der Waals surface area contributed by atoms with E-state index < -0.39 is 46.3 Å². The molecule has 4 aromatic rings. The van der Waals surface area contributed by atoms with Gasteiger partial charge in [-0.15, -0.1) is 0 Å². The molecule has 0 amide bonds. The molecular formula is C30H33ClF4N6O2. The van der Waals surface area contributed by atoms with Crippen LogP contribution in [0, 0.1) is 23.4 Å². The van der Waals surface area contributed by atoms with Crippen molar-refractivity contribution in [2.75, 3.05) is 43.4 Å². The molecule has 43 heavy (non-hydrogen) atoms. The van der Waals surface area contributed by atoms with Gasteiger partial charge >= 0.3 is 6.01 Å². The number of fused-ring (bicyclic) bond motifs is 3. The average molecular weight is 621 g/mol. The Bertz CT molecular complexity index is 1700. The molecule has 0 radical (unpaired) electrons. The molecule has 0 aliphatic carbocycles. The highest BCUT2D eigenvalue weighted by Gasteiger charge is 2.49. The third kappa shape index (κ3) is 5.22. The minimum Gasteiger partial charge on any atom is -0.461 e. The molecule has 4 heterocycles. The van der Waals surface area contributed by atoms with E-state index in [0.29, 0.717) is 43.3 Å². The molecule has 230 valence electrons. The number of benzene rings is 2. The Morgan fingerprint density at radius 1 is 1.16 bits per heavy atom. The van der Waals surface area contributed by atoms with Crippen molar-refractivity contribution in [3.8, 4) is 17.1 Å². The Labute approximate surface area is 251 Å². The van der Waals surface area contributed by atoms with E-state index in [9.17, 15) is 8.78 Å². The van der Waals surface area contributed by atoms with Gasteiger partial charge in [0.25, 0.3) is 6.01 Å². The van der Waals surface area contributed by atoms with Crippen molar-refractivity contribution < 1.29 is 26.7 Å². The normalized spacial score (nSPS) is 20.5. The van der Waals surface area contributed by atoms with E-state index in [1.165, 1.54) is 6.07 Å². The summed E-state index contributed by atoms with van der Waals surface area (Å²) >= 11 is 6.65. The van der Waals surface area contributed by atoms with E-state index in [1.807, 2.05) is 11.8 Å². The summed E-state index contributed by atoms with van der Waals surface area (Å²) in [6.45, 7) is 8.63. The van der Waals surface area contributed by atoms with Gasteiger partial charge in [-0.2, -0.15) is 15.0 Å². The molecule has 2 aromatic carbocycles. The largest absolute Gasteiger partial charge is 0.461 e. The summed E-state index contributed by atoms with van der Waals surface area (Å²) < 4.78 is 72.1. The van der Waals surface area contributed by atoms with Crippen LogP contribution < -0.4 is 15.4 Å². The third-order valence-corrected chi connectivity index (χ3v) is 8.59. The van der Waals surface area contributed by atoms with Gasteiger partial charge in [0.05, 0.1) is 16.1 Å². The number of hydrogen-bond donors (Lipinski definition) is 1. The summed E-state index contributed by atoms with van der Waals surface area (Å²) in [4.78, 5) is 17.2. The highest BCUT2D eigenvalue weighted by atomic mass is 35.5. The quantitative estimate of drug-likeness (QED) is 0.202. The summed E-state index contributed by atoms with van der Waals surface area (Å²) in [6.07, 6.45) is 1.89. The second-order valence-corrected chi connectivity index (χ2v) is 12.3. The molecule has 2 atom stereocenters. The number of alkyl halides is 1. The van der Waals surface area contributed by atoms with Crippen LogP contribution in [0.3, 0.4) is 0 Å². The fourth-order valence-corrected chi connectivity index (χ4v) is 6.89. The summed E-state index contributed by atoms with van der Waals surface area (Å²) in [5.74, 6) is -2.45. The molecule has 13 heteroatoms. The predicted molar refractivity (Wildman–Crippen MR) is 158 cm³/mol. The fourth-order valence-electron chi connectivity index (χ4n) is 6.60. The lowest BCUT2D eigenvalue weighted by Gasteiger charge is -2.31. The van der Waals surface area contributed by atoms with Gasteiger partial charge in [0.15, 0.2) is 17.2 Å². The van der Waals surface area contributed by atoms with E-state index in [2.05, 4.69) is 28.7 Å². The minimum atomic E-state index is -1.10. The molecule has 2 aliphatic rings. The molecule has 6 rings (SSSR count). The van der Waals surface area contributed by atoms with Crippen LogP contribution in [0.1, 0.15) is 46.5 Å². The first-order chi connectivity index (χ1) is 20.5. The van der Waals surface area contributed by atoms with Gasteiger partial charge < -0.3 is 19.8 Å². The van der Waals surface area contributed by atoms with Crippen molar-refractivity contribution in [2.45, 2.75) is 58.2 Å². The zero-order chi connectivity index (χ0) is 30.6. The Morgan fingerprint density at radius 3 is 2.70 bits per heavy atom. The molecule has 0 bridgehead atoms. The Balaban J connectivity index is 1.53. The standard InChI is InChI=1S/C30H33ClF4N6O2/c1-4-7-40(12-15(2)3)27-17-9-18(31)21(22-19(33)10-20(34)26-25(22)37-28(36)43-26)23(35)24(17)38-29(39-27)42-14-30-6-5-8-41(30)13-16(32)11-30/h9-10,15-16H,4-8,11-14H2,1-3H3,(H2,36,37)/t16-,30+/m1/s1. The first kappa shape index (κ1) is 29.7. The van der Waals surface area contributed by atoms with Gasteiger partial charge in [0.1, 0.15) is 35.4 Å². The number of ether oxygens (including phenoxy) is 1. The van der Waals surface area contributed by atoms with Gasteiger partial charge in [0.2, 0.25) is 0 Å². The maximum atomic E-state index is 16.7. The second-order valence-electron chi connectivity index (χ2n) is 11.9. The number of halogens is 5. The van der Waals surface area contributed by atoms with Crippen molar-refractivity contribution in [1.82, 2.24) is 19.9 Å². The summed E-state index contributed by atoms with van der Waals surface area (Å²) in [5, 5.41) is 0.148. The van der Waals surface area contributed by atoms with Crippen LogP contribution in [-0.4, -0.2) is 64.3 Å². The zero-order valence-corrected chi connectivity index (χ0v) is 24.9. The molecule has 2 aromatic heterocycles. The zero-order valence-electron chi connectivity index (χ0n) is 24.2. The number of nitrogens with zero attached hydrogens (tertiary/aromatic N) is 5. The molecule has 2 N–H and O–H groups in total. The summed E-state index contributed by atoms with van der Waals surface area (Å²) in [5.41, 5.74) is 3.49. The number of nitrogen functional groups attached to an aromatic ring is 1. The van der Waals surface area contributed by atoms with Gasteiger partial charge in [-0.1, -0.05) is 32.4 Å². The highest BCUT2D eigenvalue weighted by Crippen LogP contribution is 2.44. The monoisotopic (exact) mass is 620 g/mol. The van der Waals surface area contributed by atoms with E-state index >= 15 is 8.78 Å². The van der Waals surface area contributed by atoms with Crippen LogP contribution in [0.15, 0.2) is 16.5 Å². The smallest absolute Gasteiger partial charge is 0.319 e. The van der Waals surface area contributed by atoms with Crippen LogP contribution in [-0.2, 0) is 0 Å². The van der Waals surface area contributed by atoms with Gasteiger partial charge in [-0.25, -0.2) is 17.6 Å². The van der Waals surface area contributed by atoms with Gasteiger partial charge in [-0.3, -0.25) is 4.90 Å². The number of rotatable bonds is 9. The average Bonchev–Trinajstić information content (AvgIpc) is 3.60. The lowest BCUT2D eigenvalue weighted by atomic mass is 9.95. The van der Waals surface area contributed by atoms with Crippen LogP contribution in [0.25, 0.3) is 33.1 Å². The Kier molecular flexibility index (Phi) is 7.78. The fraction of sp³-hybridized carbons (Fsp3) is 0.500. The van der Waals surface area contributed by atoms with Crippen molar-refractivity contribution >= 4 is 45.4 Å². The lowest BCUT2D eigenvalue weighted by molar-refractivity contribution is 0.107. The SMILES string of the molecule is CCCN(CC(C)C)c1nc(OC[C@@]23CCCN2C[C@H](F)C3)nc2c(F)c(-c3c(F)cc(F)c4oc(N)nc34)c(Cl)cc12. The molecule has 0 spiro atoms. The molecule has 2 aliphatic heterocycles. The minimum absolute atomic E-state index is 0.0847. The van der Waals surface area contributed by atoms with E-state index in [4.69, 9.17) is 31.5 Å². The number of hydrogen-bond acceptors (Lipinski definition) is 8. The molecule has 0 saturated carbocycles. The maximum Gasteiger partial charge on any atom is 0.319 e. The third-order valence-electron chi connectivity index (χ3n) is 8.29. The van der Waals surface area contributed by atoms with Crippen molar-refractivity contribution in [3.63, 3.8) is 0 Å². The van der Waals surface area contributed by atoms with Crippen LogP contribution in [0.5, 0.6) is 6.01 Å². The predicted octanol–water partition coefficient (Wildman–Crippen LogP) is 6.92. The van der Waals surface area contributed by atoms with Crippen LogP contribution in [0.2, 0.25) is 5.02 Å². The van der Waals surface area contributed by atoms with Crippen molar-refractivity contribution in [1.29, 1.82) is 0 Å². The van der Waals surface area contributed by atoms with Crippen LogP contribution >= 0.6 is 11.6 Å². The lowest BCUT2D eigenvalue weighted by Crippen LogP contribution is -2.43. The maximum absolute atomic E-state index is 16.7. The van der Waals surface area contributed by atoms with Gasteiger partial charge in [0, 0.05) is 43.1 Å². The summed E-state index contributed by atoms with van der Waals surface area (Å²) in [6, 6.07) is 1.54. The van der Waals surface area contributed by atoms with E-state index in [1.54, 1.807) is 0 Å². The number of oxazole rings is 1. The molecule has 8 nitrogen and oxygen atoms in total. The highest BCUT2D eigenvalue weighted by molar-refractivity contribution is 6.35. The van der Waals surface area contributed by atoms with Crippen molar-refractivity contribution in [2.24, 2.45) is 5.92 Å². The van der Waals surface area contributed by atoms with Crippen LogP contribution in [0.4, 0.5) is 29.4 Å². The first-order valence-corrected chi connectivity index (χ1v) is 14.9.